The lowest BCUT2D eigenvalue weighted by molar-refractivity contribution is -0.144. The summed E-state index contributed by atoms with van der Waals surface area (Å²) in [4.78, 5) is 14.1. The van der Waals surface area contributed by atoms with E-state index in [-0.39, 0.29) is 0 Å². The van der Waals surface area contributed by atoms with Gasteiger partial charge >= 0.3 is 5.97 Å². The molecule has 2 aliphatic carbocycles. The molecule has 2 saturated carbocycles. The number of rotatable bonds is 4. The van der Waals surface area contributed by atoms with Crippen LogP contribution in [-0.2, 0) is 4.79 Å². The lowest BCUT2D eigenvalue weighted by Crippen LogP contribution is -2.58. The maximum atomic E-state index is 11.7. The lowest BCUT2D eigenvalue weighted by Gasteiger charge is -2.33. The van der Waals surface area contributed by atoms with E-state index < -0.39 is 11.5 Å². The molecule has 0 bridgehead atoms. The zero-order chi connectivity index (χ0) is 12.6. The smallest absolute Gasteiger partial charge is 0.325 e. The third kappa shape index (κ3) is 2.41. The van der Waals surface area contributed by atoms with Gasteiger partial charge in [0.15, 0.2) is 0 Å². The zero-order valence-electron chi connectivity index (χ0n) is 11.0. The fraction of sp³-hybridized carbons (Fsp3) is 0.929. The van der Waals surface area contributed by atoms with Crippen LogP contribution in [0.1, 0.15) is 51.4 Å². The van der Waals surface area contributed by atoms with Crippen LogP contribution in [0.25, 0.3) is 0 Å². The topological polar surface area (TPSA) is 52.6 Å². The van der Waals surface area contributed by atoms with Crippen LogP contribution in [0.15, 0.2) is 0 Å². The largest absolute Gasteiger partial charge is 0.480 e. The molecule has 0 spiro atoms. The summed E-state index contributed by atoms with van der Waals surface area (Å²) in [6.07, 6.45) is 9.41. The van der Waals surface area contributed by atoms with E-state index in [1.807, 2.05) is 0 Å². The van der Waals surface area contributed by atoms with E-state index in [4.69, 9.17) is 0 Å². The van der Waals surface area contributed by atoms with Gasteiger partial charge in [0.1, 0.15) is 5.54 Å². The van der Waals surface area contributed by atoms with Crippen molar-refractivity contribution in [3.63, 3.8) is 0 Å². The second kappa shape index (κ2) is 4.82. The molecule has 0 aromatic heterocycles. The molecule has 4 heteroatoms. The molecule has 0 aromatic carbocycles. The molecule has 2 N–H and O–H groups in total. The van der Waals surface area contributed by atoms with Gasteiger partial charge in [-0.05, 0) is 32.1 Å². The number of hydrogen-bond acceptors (Lipinski definition) is 3. The van der Waals surface area contributed by atoms with Crippen molar-refractivity contribution in [3.8, 4) is 0 Å². The first-order chi connectivity index (χ1) is 8.70. The number of carboxylic acids is 1. The number of likely N-dealkylation sites (tertiary alicyclic amines) is 1. The number of nitrogens with zero attached hydrogens (tertiary/aromatic N) is 1. The molecule has 102 valence electrons. The van der Waals surface area contributed by atoms with Crippen molar-refractivity contribution in [3.05, 3.63) is 0 Å². The Labute approximate surface area is 109 Å². The Bertz CT molecular complexity index is 324. The van der Waals surface area contributed by atoms with E-state index in [0.29, 0.717) is 18.6 Å². The summed E-state index contributed by atoms with van der Waals surface area (Å²) in [6, 6.07) is 1.10. The highest BCUT2D eigenvalue weighted by atomic mass is 16.4. The highest BCUT2D eigenvalue weighted by molar-refractivity contribution is 5.79. The van der Waals surface area contributed by atoms with Crippen LogP contribution in [0.5, 0.6) is 0 Å². The number of aliphatic carboxylic acids is 1. The predicted molar refractivity (Wildman–Crippen MR) is 69.6 cm³/mol. The number of carboxylic acid groups (broad SMARTS) is 1. The van der Waals surface area contributed by atoms with Gasteiger partial charge in [-0.25, -0.2) is 0 Å². The molecule has 1 aliphatic heterocycles. The van der Waals surface area contributed by atoms with Crippen LogP contribution in [-0.4, -0.2) is 46.7 Å². The molecule has 1 heterocycles. The van der Waals surface area contributed by atoms with Crippen LogP contribution < -0.4 is 5.32 Å². The van der Waals surface area contributed by atoms with Crippen molar-refractivity contribution < 1.29 is 9.90 Å². The van der Waals surface area contributed by atoms with Gasteiger partial charge in [0.2, 0.25) is 0 Å². The summed E-state index contributed by atoms with van der Waals surface area (Å²) >= 11 is 0. The molecule has 18 heavy (non-hydrogen) atoms. The Morgan fingerprint density at radius 3 is 2.50 bits per heavy atom. The van der Waals surface area contributed by atoms with Crippen molar-refractivity contribution in [1.82, 2.24) is 10.2 Å². The molecule has 1 unspecified atom stereocenters. The Kier molecular flexibility index (Phi) is 3.32. The molecule has 0 amide bonds. The van der Waals surface area contributed by atoms with Crippen molar-refractivity contribution in [2.45, 2.75) is 69.0 Å². The first kappa shape index (κ1) is 12.4. The summed E-state index contributed by atoms with van der Waals surface area (Å²) in [6.45, 7) is 1.67. The van der Waals surface area contributed by atoms with Gasteiger partial charge < -0.3 is 5.11 Å². The van der Waals surface area contributed by atoms with E-state index in [1.165, 1.54) is 32.1 Å². The second-order valence-electron chi connectivity index (χ2n) is 6.32. The maximum absolute atomic E-state index is 11.7. The summed E-state index contributed by atoms with van der Waals surface area (Å²) in [5.74, 6) is -0.642. The van der Waals surface area contributed by atoms with Crippen LogP contribution in [0, 0.1) is 0 Å². The summed E-state index contributed by atoms with van der Waals surface area (Å²) in [7, 11) is 0. The lowest BCUT2D eigenvalue weighted by atomic mass is 9.90. The Morgan fingerprint density at radius 1 is 1.17 bits per heavy atom. The Hall–Kier alpha value is -0.610. The molecule has 4 nitrogen and oxygen atoms in total. The van der Waals surface area contributed by atoms with E-state index in [9.17, 15) is 9.90 Å². The highest BCUT2D eigenvalue weighted by Crippen LogP contribution is 2.34. The van der Waals surface area contributed by atoms with E-state index in [0.717, 1.165) is 25.8 Å². The van der Waals surface area contributed by atoms with Gasteiger partial charge in [-0.3, -0.25) is 15.0 Å². The number of nitrogens with one attached hydrogen (secondary N) is 1. The maximum Gasteiger partial charge on any atom is 0.325 e. The van der Waals surface area contributed by atoms with Gasteiger partial charge in [-0.1, -0.05) is 19.3 Å². The summed E-state index contributed by atoms with van der Waals surface area (Å²) in [5.41, 5.74) is -0.662. The van der Waals surface area contributed by atoms with Crippen LogP contribution in [0.2, 0.25) is 0 Å². The van der Waals surface area contributed by atoms with Gasteiger partial charge in [0.05, 0.1) is 0 Å². The van der Waals surface area contributed by atoms with E-state index >= 15 is 0 Å². The van der Waals surface area contributed by atoms with Crippen molar-refractivity contribution in [2.75, 3.05) is 13.1 Å². The van der Waals surface area contributed by atoms with Gasteiger partial charge in [-0.15, -0.1) is 0 Å². The minimum Gasteiger partial charge on any atom is -0.480 e. The first-order valence-corrected chi connectivity index (χ1v) is 7.45. The van der Waals surface area contributed by atoms with Crippen LogP contribution in [0.4, 0.5) is 0 Å². The molecule has 3 fully saturated rings. The fourth-order valence-corrected chi connectivity index (χ4v) is 3.58. The van der Waals surface area contributed by atoms with Crippen molar-refractivity contribution in [2.24, 2.45) is 0 Å². The molecular weight excluding hydrogens is 228 g/mol. The average Bonchev–Trinajstić information content (AvgIpc) is 3.13. The molecule has 1 atom stereocenters. The summed E-state index contributed by atoms with van der Waals surface area (Å²) in [5, 5.41) is 13.1. The minimum absolute atomic E-state index is 0.425. The first-order valence-electron chi connectivity index (χ1n) is 7.45. The Balaban J connectivity index is 1.65. The molecular formula is C14H24N2O2. The quantitative estimate of drug-likeness (QED) is 0.798. The zero-order valence-corrected chi connectivity index (χ0v) is 11.0. The predicted octanol–water partition coefficient (Wildman–Crippen LogP) is 1.60. The van der Waals surface area contributed by atoms with Gasteiger partial charge in [0, 0.05) is 25.2 Å². The van der Waals surface area contributed by atoms with Crippen LogP contribution in [0.3, 0.4) is 0 Å². The molecule has 0 aromatic rings. The third-order valence-corrected chi connectivity index (χ3v) is 4.86. The Morgan fingerprint density at radius 2 is 1.89 bits per heavy atom. The van der Waals surface area contributed by atoms with Crippen LogP contribution >= 0.6 is 0 Å². The van der Waals surface area contributed by atoms with Crippen molar-refractivity contribution >= 4 is 5.97 Å². The normalized spacial score (nSPS) is 34.9. The molecule has 3 aliphatic rings. The molecule has 1 saturated heterocycles. The standard InChI is InChI=1S/C14H24N2O2/c17-13(18)14(15-11-4-2-1-3-5-11)8-9-16(10-14)12-6-7-12/h11-12,15H,1-10H2,(H,17,18). The van der Waals surface area contributed by atoms with Gasteiger partial charge in [-0.2, -0.15) is 0 Å². The SMILES string of the molecule is O=C(O)C1(NC2CCCCC2)CCN(C2CC2)C1. The second-order valence-corrected chi connectivity index (χ2v) is 6.32. The fourth-order valence-electron chi connectivity index (χ4n) is 3.58. The average molecular weight is 252 g/mol. The van der Waals surface area contributed by atoms with Crippen molar-refractivity contribution in [1.29, 1.82) is 0 Å². The van der Waals surface area contributed by atoms with E-state index in [1.54, 1.807) is 0 Å². The monoisotopic (exact) mass is 252 g/mol. The summed E-state index contributed by atoms with van der Waals surface area (Å²) < 4.78 is 0. The number of carbonyl (C=O) groups is 1. The molecule has 0 radical (unpaired) electrons. The molecule has 3 rings (SSSR count). The van der Waals surface area contributed by atoms with Gasteiger partial charge in [0.25, 0.3) is 0 Å². The third-order valence-electron chi connectivity index (χ3n) is 4.86. The minimum atomic E-state index is -0.662. The number of hydrogen-bond donors (Lipinski definition) is 2. The highest BCUT2D eigenvalue weighted by Gasteiger charge is 2.49. The van der Waals surface area contributed by atoms with E-state index in [2.05, 4.69) is 10.2 Å².